The monoisotopic (exact) mass is 608 g/mol. The number of benzene rings is 4. The second kappa shape index (κ2) is 11.0. The summed E-state index contributed by atoms with van der Waals surface area (Å²) in [7, 11) is 0. The average molecular weight is 609 g/mol. The summed E-state index contributed by atoms with van der Waals surface area (Å²) in [6.45, 7) is 6.57. The Morgan fingerprint density at radius 1 is 0.870 bits per heavy atom. The topological polar surface area (TPSA) is 63.9 Å². The summed E-state index contributed by atoms with van der Waals surface area (Å²) in [5.41, 5.74) is 6.63. The molecule has 3 aliphatic rings. The Morgan fingerprint density at radius 3 is 2.48 bits per heavy atom. The van der Waals surface area contributed by atoms with Gasteiger partial charge in [0.15, 0.2) is 5.60 Å². The van der Waals surface area contributed by atoms with Crippen LogP contribution in [0.1, 0.15) is 91.3 Å². The lowest BCUT2D eigenvalue weighted by atomic mass is 9.67. The number of ether oxygens (including phenoxy) is 2. The first-order chi connectivity index (χ1) is 22.3. The minimum Gasteiger partial charge on any atom is -0.506 e. The van der Waals surface area contributed by atoms with Gasteiger partial charge in [0.25, 0.3) is 0 Å². The van der Waals surface area contributed by atoms with Crippen LogP contribution in [-0.2, 0) is 16.6 Å². The predicted octanol–water partition coefficient (Wildman–Crippen LogP) is 9.88. The first-order valence-corrected chi connectivity index (χ1v) is 16.6. The molecular weight excluding hydrogens is 568 g/mol. The maximum Gasteiger partial charge on any atom is 0.219 e. The quantitative estimate of drug-likeness (QED) is 0.208. The van der Waals surface area contributed by atoms with Crippen molar-refractivity contribution in [2.45, 2.75) is 82.3 Å². The lowest BCUT2D eigenvalue weighted by molar-refractivity contribution is -0.00244. The fourth-order valence-corrected chi connectivity index (χ4v) is 8.10. The molecule has 5 heteroatoms. The summed E-state index contributed by atoms with van der Waals surface area (Å²) in [5.74, 6) is 2.44. The number of pyridine rings is 1. The maximum absolute atomic E-state index is 10.6. The SMILES string of the molecule is Cc1cc(O)c2nc(Oc3cc(C4=N[C@H]5c6ccccc6C[C@@]5(C(C)(C)c5ccccc5)O4)cc(C4CCCCC4)c3)ccc2c1. The lowest BCUT2D eigenvalue weighted by Crippen LogP contribution is -2.51. The van der Waals surface area contributed by atoms with E-state index in [1.807, 2.05) is 31.2 Å². The Morgan fingerprint density at radius 2 is 1.65 bits per heavy atom. The van der Waals surface area contributed by atoms with Gasteiger partial charge >= 0.3 is 0 Å². The third-order valence-corrected chi connectivity index (χ3v) is 10.7. The van der Waals surface area contributed by atoms with E-state index in [1.165, 1.54) is 54.4 Å². The smallest absolute Gasteiger partial charge is 0.219 e. The van der Waals surface area contributed by atoms with Crippen molar-refractivity contribution in [2.75, 3.05) is 0 Å². The molecule has 4 aromatic carbocycles. The second-order valence-corrected chi connectivity index (χ2v) is 13.9. The highest BCUT2D eigenvalue weighted by Crippen LogP contribution is 2.57. The van der Waals surface area contributed by atoms with Crippen LogP contribution < -0.4 is 4.74 Å². The molecule has 0 unspecified atom stereocenters. The van der Waals surface area contributed by atoms with E-state index in [0.29, 0.717) is 29.0 Å². The molecule has 0 saturated heterocycles. The van der Waals surface area contributed by atoms with E-state index in [1.54, 1.807) is 6.07 Å². The van der Waals surface area contributed by atoms with Gasteiger partial charge in [0.05, 0.1) is 0 Å². The van der Waals surface area contributed by atoms with Crippen molar-refractivity contribution in [3.8, 4) is 17.4 Å². The van der Waals surface area contributed by atoms with Crippen molar-refractivity contribution >= 4 is 16.8 Å². The van der Waals surface area contributed by atoms with E-state index >= 15 is 0 Å². The van der Waals surface area contributed by atoms with Crippen molar-refractivity contribution in [2.24, 2.45) is 4.99 Å². The molecule has 46 heavy (non-hydrogen) atoms. The maximum atomic E-state index is 10.6. The van der Waals surface area contributed by atoms with Gasteiger partial charge < -0.3 is 14.6 Å². The van der Waals surface area contributed by atoms with E-state index in [2.05, 4.69) is 80.6 Å². The Labute approximate surface area is 271 Å². The molecule has 2 aliphatic carbocycles. The number of aromatic hydroxyl groups is 1. The number of aromatic nitrogens is 1. The van der Waals surface area contributed by atoms with Crippen LogP contribution in [0.5, 0.6) is 17.4 Å². The minimum atomic E-state index is -0.565. The summed E-state index contributed by atoms with van der Waals surface area (Å²) in [6, 6.07) is 33.3. The zero-order valence-corrected chi connectivity index (χ0v) is 26.8. The number of nitrogens with zero attached hydrogens (tertiary/aromatic N) is 2. The molecule has 0 amide bonds. The third-order valence-electron chi connectivity index (χ3n) is 10.7. The molecular formula is C41H40N2O3. The summed E-state index contributed by atoms with van der Waals surface area (Å²) < 4.78 is 13.7. The fourth-order valence-electron chi connectivity index (χ4n) is 8.10. The number of phenolic OH excluding ortho intramolecular Hbond substituents is 1. The molecule has 232 valence electrons. The van der Waals surface area contributed by atoms with Gasteiger partial charge in [-0.25, -0.2) is 9.98 Å². The van der Waals surface area contributed by atoms with Crippen molar-refractivity contribution in [3.63, 3.8) is 0 Å². The van der Waals surface area contributed by atoms with E-state index < -0.39 is 5.60 Å². The number of aliphatic imine (C=N–C) groups is 1. The first-order valence-electron chi connectivity index (χ1n) is 16.6. The van der Waals surface area contributed by atoms with Gasteiger partial charge in [-0.3, -0.25) is 0 Å². The van der Waals surface area contributed by atoms with E-state index in [4.69, 9.17) is 19.5 Å². The Bertz CT molecular complexity index is 1980. The lowest BCUT2D eigenvalue weighted by Gasteiger charge is -2.43. The Kier molecular flexibility index (Phi) is 6.89. The van der Waals surface area contributed by atoms with E-state index in [0.717, 1.165) is 22.9 Å². The third kappa shape index (κ3) is 4.76. The molecule has 1 aliphatic heterocycles. The largest absolute Gasteiger partial charge is 0.506 e. The molecule has 2 atom stereocenters. The summed E-state index contributed by atoms with van der Waals surface area (Å²) in [5, 5.41) is 11.5. The zero-order chi connectivity index (χ0) is 31.5. The molecule has 1 fully saturated rings. The normalized spacial score (nSPS) is 21.0. The van der Waals surface area contributed by atoms with Gasteiger partial charge in [0.1, 0.15) is 23.1 Å². The molecule has 0 radical (unpaired) electrons. The van der Waals surface area contributed by atoms with Crippen LogP contribution in [0.4, 0.5) is 0 Å². The van der Waals surface area contributed by atoms with Crippen LogP contribution in [-0.4, -0.2) is 21.6 Å². The van der Waals surface area contributed by atoms with Crippen LogP contribution in [0.25, 0.3) is 10.9 Å². The zero-order valence-electron chi connectivity index (χ0n) is 26.8. The van der Waals surface area contributed by atoms with Gasteiger partial charge in [0, 0.05) is 28.9 Å². The van der Waals surface area contributed by atoms with Crippen molar-refractivity contribution in [1.82, 2.24) is 4.98 Å². The Hall–Kier alpha value is -4.64. The molecule has 0 spiro atoms. The average Bonchev–Trinajstić information content (AvgIpc) is 3.61. The summed E-state index contributed by atoms with van der Waals surface area (Å²) in [6.07, 6.45) is 6.88. The molecule has 0 bridgehead atoms. The molecule has 1 aromatic heterocycles. The highest BCUT2D eigenvalue weighted by molar-refractivity contribution is 5.97. The van der Waals surface area contributed by atoms with Gasteiger partial charge in [0.2, 0.25) is 11.8 Å². The van der Waals surface area contributed by atoms with Crippen LogP contribution in [0, 0.1) is 6.92 Å². The standard InChI is InChI=1S/C41H40N2O3/c1-26-20-28-18-19-36(42-37(28)35(44)21-26)45-33-23-30(27-12-6-4-7-13-27)22-31(24-33)39-43-38-34-17-11-10-14-29(34)25-41(38,46-39)40(2,3)32-15-8-5-9-16-32/h5,8-11,14-24,27,38,44H,4,6-7,12-13,25H2,1-3H3/t38-,41+/m0/s1. The minimum absolute atomic E-state index is 0.120. The van der Waals surface area contributed by atoms with Gasteiger partial charge in [-0.1, -0.05) is 87.7 Å². The molecule has 1 N–H and O–H groups in total. The van der Waals surface area contributed by atoms with E-state index in [-0.39, 0.29) is 17.2 Å². The van der Waals surface area contributed by atoms with Gasteiger partial charge in [-0.15, -0.1) is 0 Å². The van der Waals surface area contributed by atoms with Gasteiger partial charge in [-0.05, 0) is 89.9 Å². The highest BCUT2D eigenvalue weighted by Gasteiger charge is 2.61. The van der Waals surface area contributed by atoms with Crippen molar-refractivity contribution in [3.05, 3.63) is 130 Å². The molecule has 2 heterocycles. The van der Waals surface area contributed by atoms with Crippen LogP contribution in [0.3, 0.4) is 0 Å². The fraction of sp³-hybridized carbons (Fsp3) is 0.317. The first kappa shape index (κ1) is 28.8. The molecule has 5 aromatic rings. The predicted molar refractivity (Wildman–Crippen MR) is 183 cm³/mol. The molecule has 1 saturated carbocycles. The van der Waals surface area contributed by atoms with Crippen molar-refractivity contribution in [1.29, 1.82) is 0 Å². The number of phenols is 1. The van der Waals surface area contributed by atoms with Crippen LogP contribution >= 0.6 is 0 Å². The number of fused-ring (bicyclic) bond motifs is 4. The number of rotatable bonds is 6. The van der Waals surface area contributed by atoms with Crippen LogP contribution in [0.2, 0.25) is 0 Å². The number of hydrogen-bond acceptors (Lipinski definition) is 5. The molecule has 8 rings (SSSR count). The van der Waals surface area contributed by atoms with Crippen LogP contribution in [0.15, 0.2) is 102 Å². The molecule has 5 nitrogen and oxygen atoms in total. The van der Waals surface area contributed by atoms with Gasteiger partial charge in [-0.2, -0.15) is 0 Å². The van der Waals surface area contributed by atoms with Crippen molar-refractivity contribution < 1.29 is 14.6 Å². The second-order valence-electron chi connectivity index (χ2n) is 13.9. The number of hydrogen-bond donors (Lipinski definition) is 1. The summed E-state index contributed by atoms with van der Waals surface area (Å²) in [4.78, 5) is 10.1. The summed E-state index contributed by atoms with van der Waals surface area (Å²) >= 11 is 0. The number of aryl methyl sites for hydroxylation is 1. The van der Waals surface area contributed by atoms with E-state index in [9.17, 15) is 5.11 Å². The Balaban J connectivity index is 1.22. The highest BCUT2D eigenvalue weighted by atomic mass is 16.5.